The number of nitrogens with one attached hydrogen (secondary N) is 2. The summed E-state index contributed by atoms with van der Waals surface area (Å²) in [5.74, 6) is 1.18. The number of carbonyl (C=O) groups excluding carboxylic acids is 1. The lowest BCUT2D eigenvalue weighted by Crippen LogP contribution is -2.28. The Bertz CT molecular complexity index is 720. The summed E-state index contributed by atoms with van der Waals surface area (Å²) in [6.45, 7) is 2.80. The van der Waals surface area contributed by atoms with Crippen LogP contribution in [0.1, 0.15) is 21.6 Å². The number of amides is 1. The maximum absolute atomic E-state index is 12.0. The highest BCUT2D eigenvalue weighted by Gasteiger charge is 2.05. The first kappa shape index (κ1) is 16.3. The summed E-state index contributed by atoms with van der Waals surface area (Å²) in [5, 5.41) is 14.8. The number of anilines is 1. The van der Waals surface area contributed by atoms with Crippen molar-refractivity contribution < 1.29 is 9.53 Å². The molecule has 2 rings (SSSR count). The Morgan fingerprint density at radius 1 is 1.22 bits per heavy atom. The Balaban J connectivity index is 1.80. The highest BCUT2D eigenvalue weighted by molar-refractivity contribution is 5.94. The van der Waals surface area contributed by atoms with Gasteiger partial charge in [0, 0.05) is 18.7 Å². The highest BCUT2D eigenvalue weighted by Crippen LogP contribution is 2.11. The van der Waals surface area contributed by atoms with Crippen molar-refractivity contribution in [1.29, 1.82) is 5.26 Å². The van der Waals surface area contributed by atoms with E-state index in [1.807, 2.05) is 25.1 Å². The van der Waals surface area contributed by atoms with Crippen molar-refractivity contribution in [1.82, 2.24) is 10.3 Å². The maximum Gasteiger partial charge on any atom is 0.251 e. The van der Waals surface area contributed by atoms with Crippen LogP contribution in [0, 0.1) is 18.3 Å². The van der Waals surface area contributed by atoms with Crippen molar-refractivity contribution in [3.63, 3.8) is 0 Å². The lowest BCUT2D eigenvalue weighted by Gasteiger charge is -2.08. The molecule has 0 spiro atoms. The number of pyridine rings is 1. The average Bonchev–Trinajstić information content (AvgIpc) is 2.59. The van der Waals surface area contributed by atoms with Gasteiger partial charge in [0.25, 0.3) is 5.91 Å². The molecule has 0 radical (unpaired) electrons. The molecule has 0 atom stereocenters. The molecule has 1 aromatic carbocycles. The largest absolute Gasteiger partial charge is 0.497 e. The number of hydrogen-bond acceptors (Lipinski definition) is 5. The summed E-state index contributed by atoms with van der Waals surface area (Å²) in [6, 6.07) is 12.6. The van der Waals surface area contributed by atoms with E-state index in [1.54, 1.807) is 31.4 Å². The van der Waals surface area contributed by atoms with E-state index in [9.17, 15) is 4.79 Å². The van der Waals surface area contributed by atoms with Gasteiger partial charge in [0.1, 0.15) is 23.3 Å². The second kappa shape index (κ2) is 7.80. The Hall–Kier alpha value is -3.07. The third-order valence-electron chi connectivity index (χ3n) is 3.27. The Kier molecular flexibility index (Phi) is 5.53. The van der Waals surface area contributed by atoms with Gasteiger partial charge < -0.3 is 15.4 Å². The van der Waals surface area contributed by atoms with Gasteiger partial charge in [-0.25, -0.2) is 4.98 Å². The molecule has 0 aliphatic rings. The van der Waals surface area contributed by atoms with E-state index in [4.69, 9.17) is 10.00 Å². The zero-order valence-corrected chi connectivity index (χ0v) is 13.1. The van der Waals surface area contributed by atoms with Crippen LogP contribution in [0.25, 0.3) is 0 Å². The molecule has 6 heteroatoms. The van der Waals surface area contributed by atoms with Crippen molar-refractivity contribution in [2.24, 2.45) is 0 Å². The van der Waals surface area contributed by atoms with Crippen LogP contribution in [0.15, 0.2) is 36.4 Å². The van der Waals surface area contributed by atoms with E-state index in [2.05, 4.69) is 15.6 Å². The molecule has 1 amide bonds. The van der Waals surface area contributed by atoms with Gasteiger partial charge in [-0.2, -0.15) is 5.26 Å². The summed E-state index contributed by atoms with van der Waals surface area (Å²) in [7, 11) is 1.58. The van der Waals surface area contributed by atoms with Crippen LogP contribution in [-0.4, -0.2) is 31.1 Å². The van der Waals surface area contributed by atoms with E-state index in [0.29, 0.717) is 35.9 Å². The third-order valence-corrected chi connectivity index (χ3v) is 3.27. The van der Waals surface area contributed by atoms with E-state index >= 15 is 0 Å². The second-order valence-electron chi connectivity index (χ2n) is 4.88. The number of ether oxygens (including phenoxy) is 1. The monoisotopic (exact) mass is 310 g/mol. The fourth-order valence-corrected chi connectivity index (χ4v) is 1.95. The summed E-state index contributed by atoms with van der Waals surface area (Å²) in [6.07, 6.45) is 0. The minimum Gasteiger partial charge on any atom is -0.497 e. The molecule has 23 heavy (non-hydrogen) atoms. The smallest absolute Gasteiger partial charge is 0.251 e. The molecule has 0 aliphatic heterocycles. The molecule has 0 unspecified atom stereocenters. The van der Waals surface area contributed by atoms with Crippen molar-refractivity contribution >= 4 is 11.7 Å². The van der Waals surface area contributed by atoms with Crippen molar-refractivity contribution in [2.45, 2.75) is 6.92 Å². The van der Waals surface area contributed by atoms with E-state index < -0.39 is 0 Å². The first-order valence-corrected chi connectivity index (χ1v) is 7.18. The highest BCUT2D eigenvalue weighted by atomic mass is 16.5. The van der Waals surface area contributed by atoms with E-state index in [0.717, 1.165) is 5.56 Å². The zero-order chi connectivity index (χ0) is 16.7. The molecule has 0 aliphatic carbocycles. The fraction of sp³-hybridized carbons (Fsp3) is 0.235. The Morgan fingerprint density at radius 3 is 2.61 bits per heavy atom. The number of nitrogens with zero attached hydrogens (tertiary/aromatic N) is 2. The van der Waals surface area contributed by atoms with Crippen LogP contribution in [0.5, 0.6) is 5.75 Å². The predicted molar refractivity (Wildman–Crippen MR) is 87.5 cm³/mol. The summed E-state index contributed by atoms with van der Waals surface area (Å²) < 4.78 is 5.05. The molecule has 0 fully saturated rings. The lowest BCUT2D eigenvalue weighted by atomic mass is 10.2. The second-order valence-corrected chi connectivity index (χ2v) is 4.88. The minimum atomic E-state index is -0.149. The van der Waals surface area contributed by atoms with Gasteiger partial charge in [0.15, 0.2) is 0 Å². The molecule has 6 nitrogen and oxygen atoms in total. The molecule has 118 valence electrons. The van der Waals surface area contributed by atoms with E-state index in [-0.39, 0.29) is 5.91 Å². The zero-order valence-electron chi connectivity index (χ0n) is 13.1. The van der Waals surface area contributed by atoms with Crippen molar-refractivity contribution in [2.75, 3.05) is 25.5 Å². The quantitative estimate of drug-likeness (QED) is 0.798. The van der Waals surface area contributed by atoms with Gasteiger partial charge in [-0.05, 0) is 42.8 Å². The summed E-state index contributed by atoms with van der Waals surface area (Å²) in [4.78, 5) is 16.1. The van der Waals surface area contributed by atoms with Gasteiger partial charge in [0.2, 0.25) is 0 Å². The molecular formula is C17H18N4O2. The molecule has 1 heterocycles. The number of nitriles is 1. The van der Waals surface area contributed by atoms with Crippen molar-refractivity contribution in [3.8, 4) is 11.8 Å². The molecule has 0 saturated carbocycles. The topological polar surface area (TPSA) is 87.0 Å². The number of aromatic nitrogens is 1. The number of aryl methyl sites for hydroxylation is 1. The third kappa shape index (κ3) is 4.45. The van der Waals surface area contributed by atoms with Crippen LogP contribution in [0.4, 0.5) is 5.82 Å². The first-order chi connectivity index (χ1) is 11.1. The SMILES string of the molecule is COc1ccc(C(=O)NCCNc2ccc(C)c(C#N)n2)cc1. The fourth-order valence-electron chi connectivity index (χ4n) is 1.95. The van der Waals surface area contributed by atoms with Gasteiger partial charge >= 0.3 is 0 Å². The number of rotatable bonds is 6. The maximum atomic E-state index is 12.0. The molecule has 2 aromatic rings. The number of hydrogen-bond donors (Lipinski definition) is 2. The first-order valence-electron chi connectivity index (χ1n) is 7.18. The molecule has 0 saturated heterocycles. The number of methoxy groups -OCH3 is 1. The Labute approximate surface area is 135 Å². The van der Waals surface area contributed by atoms with Crippen LogP contribution >= 0.6 is 0 Å². The van der Waals surface area contributed by atoms with Crippen molar-refractivity contribution in [3.05, 3.63) is 53.2 Å². The van der Waals surface area contributed by atoms with Crippen LogP contribution in [-0.2, 0) is 0 Å². The standard InChI is InChI=1S/C17H18N4O2/c1-12-3-8-16(21-15(12)11-18)19-9-10-20-17(22)13-4-6-14(23-2)7-5-13/h3-8H,9-10H2,1-2H3,(H,19,21)(H,20,22). The molecule has 2 N–H and O–H groups in total. The Morgan fingerprint density at radius 2 is 1.96 bits per heavy atom. The van der Waals surface area contributed by atoms with Gasteiger partial charge in [-0.15, -0.1) is 0 Å². The predicted octanol–water partition coefficient (Wildman–Crippen LogP) is 2.11. The normalized spacial score (nSPS) is 9.78. The van der Waals surface area contributed by atoms with Gasteiger partial charge in [-0.3, -0.25) is 4.79 Å². The number of carbonyl (C=O) groups is 1. The van der Waals surface area contributed by atoms with Crippen LogP contribution < -0.4 is 15.4 Å². The summed E-state index contributed by atoms with van der Waals surface area (Å²) in [5.41, 5.74) is 1.81. The van der Waals surface area contributed by atoms with Crippen LogP contribution in [0.3, 0.4) is 0 Å². The van der Waals surface area contributed by atoms with Gasteiger partial charge in [0.05, 0.1) is 7.11 Å². The number of benzene rings is 1. The summed E-state index contributed by atoms with van der Waals surface area (Å²) >= 11 is 0. The molecule has 1 aromatic heterocycles. The molecule has 0 bridgehead atoms. The van der Waals surface area contributed by atoms with Crippen LogP contribution in [0.2, 0.25) is 0 Å². The minimum absolute atomic E-state index is 0.149. The lowest BCUT2D eigenvalue weighted by molar-refractivity contribution is 0.0955. The average molecular weight is 310 g/mol. The van der Waals surface area contributed by atoms with E-state index in [1.165, 1.54) is 0 Å². The molecular weight excluding hydrogens is 292 g/mol. The van der Waals surface area contributed by atoms with Gasteiger partial charge in [-0.1, -0.05) is 6.07 Å².